The number of ether oxygens (including phenoxy) is 1. The second kappa shape index (κ2) is 5.31. The number of hydrogen-bond donors (Lipinski definition) is 0. The van der Waals surface area contributed by atoms with Gasteiger partial charge < -0.3 is 4.74 Å². The van der Waals surface area contributed by atoms with Gasteiger partial charge in [-0.25, -0.2) is 13.4 Å². The highest BCUT2D eigenvalue weighted by Gasteiger charge is 2.15. The predicted molar refractivity (Wildman–Crippen MR) is 84.6 cm³/mol. The summed E-state index contributed by atoms with van der Waals surface area (Å²) in [6.45, 7) is 5.49. The summed E-state index contributed by atoms with van der Waals surface area (Å²) in [4.78, 5) is 8.69. The van der Waals surface area contributed by atoms with Crippen LogP contribution in [0.15, 0.2) is 29.4 Å². The largest absolute Gasteiger partial charge is 0.439 e. The Kier molecular flexibility index (Phi) is 3.56. The molecule has 2 heterocycles. The van der Waals surface area contributed by atoms with Crippen LogP contribution in [0.25, 0.3) is 5.78 Å². The molecule has 0 aliphatic carbocycles. The zero-order valence-corrected chi connectivity index (χ0v) is 14.0. The maximum absolute atomic E-state index is 11.7. The molecular weight excluding hydrogens is 316 g/mol. The van der Waals surface area contributed by atoms with Crippen molar-refractivity contribution >= 4 is 15.6 Å². The predicted octanol–water partition coefficient (Wildman–Crippen LogP) is 2.25. The van der Waals surface area contributed by atoms with Crippen molar-refractivity contribution in [1.29, 1.82) is 0 Å². The van der Waals surface area contributed by atoms with E-state index in [1.54, 1.807) is 25.1 Å². The van der Waals surface area contributed by atoms with Gasteiger partial charge in [-0.2, -0.15) is 14.6 Å². The number of aromatic nitrogens is 4. The minimum atomic E-state index is -3.26. The third kappa shape index (κ3) is 2.77. The van der Waals surface area contributed by atoms with Gasteiger partial charge in [0.1, 0.15) is 12.1 Å². The van der Waals surface area contributed by atoms with Crippen molar-refractivity contribution in [1.82, 2.24) is 19.6 Å². The monoisotopic (exact) mass is 332 g/mol. The first-order chi connectivity index (χ1) is 10.8. The summed E-state index contributed by atoms with van der Waals surface area (Å²) in [5.41, 5.74) is 2.26. The smallest absolute Gasteiger partial charge is 0.255 e. The first-order valence-corrected chi connectivity index (χ1v) is 8.82. The summed E-state index contributed by atoms with van der Waals surface area (Å²) < 4.78 is 30.8. The third-order valence-corrected chi connectivity index (χ3v) is 4.87. The lowest BCUT2D eigenvalue weighted by Gasteiger charge is -2.12. The maximum atomic E-state index is 11.7. The van der Waals surface area contributed by atoms with Gasteiger partial charge in [-0.1, -0.05) is 0 Å². The van der Waals surface area contributed by atoms with E-state index in [4.69, 9.17) is 4.74 Å². The molecule has 8 heteroatoms. The summed E-state index contributed by atoms with van der Waals surface area (Å²) in [6.07, 6.45) is 2.59. The fourth-order valence-electron chi connectivity index (χ4n) is 2.34. The molecule has 0 radical (unpaired) electrons. The Hall–Kier alpha value is -2.48. The molecular formula is C15H16N4O3S. The average molecular weight is 332 g/mol. The Morgan fingerprint density at radius 2 is 1.91 bits per heavy atom. The number of fused-ring (bicyclic) bond motifs is 1. The molecule has 0 aliphatic heterocycles. The summed E-state index contributed by atoms with van der Waals surface area (Å²) in [7, 11) is -3.26. The summed E-state index contributed by atoms with van der Waals surface area (Å²) in [6, 6.07) is 4.86. The Morgan fingerprint density at radius 3 is 2.57 bits per heavy atom. The Labute approximate surface area is 133 Å². The Morgan fingerprint density at radius 1 is 1.17 bits per heavy atom. The molecule has 120 valence electrons. The number of aryl methyl sites for hydroxylation is 2. The second-order valence-electron chi connectivity index (χ2n) is 5.40. The van der Waals surface area contributed by atoms with Crippen molar-refractivity contribution in [3.8, 4) is 11.6 Å². The van der Waals surface area contributed by atoms with Crippen LogP contribution < -0.4 is 4.74 Å². The third-order valence-electron chi connectivity index (χ3n) is 3.61. The quantitative estimate of drug-likeness (QED) is 0.731. The van der Waals surface area contributed by atoms with Crippen LogP contribution >= 0.6 is 0 Å². The van der Waals surface area contributed by atoms with E-state index in [1.165, 1.54) is 17.1 Å². The lowest BCUT2D eigenvalue weighted by atomic mass is 10.2. The van der Waals surface area contributed by atoms with Gasteiger partial charge in [0, 0.05) is 17.5 Å². The molecule has 7 nitrogen and oxygen atoms in total. The molecule has 0 N–H and O–H groups in total. The molecule has 2 aromatic heterocycles. The fraction of sp³-hybridized carbons (Fsp3) is 0.267. The van der Waals surface area contributed by atoms with Crippen molar-refractivity contribution in [2.24, 2.45) is 0 Å². The van der Waals surface area contributed by atoms with E-state index in [0.29, 0.717) is 27.9 Å². The van der Waals surface area contributed by atoms with Crippen molar-refractivity contribution in [3.05, 3.63) is 41.3 Å². The van der Waals surface area contributed by atoms with Crippen LogP contribution in [0.4, 0.5) is 0 Å². The Bertz CT molecular complexity index is 1010. The molecule has 1 aromatic carbocycles. The van der Waals surface area contributed by atoms with Crippen molar-refractivity contribution in [2.45, 2.75) is 25.7 Å². The molecule has 0 bridgehead atoms. The molecule has 0 aliphatic rings. The van der Waals surface area contributed by atoms with Gasteiger partial charge in [0.2, 0.25) is 5.88 Å². The van der Waals surface area contributed by atoms with Crippen LogP contribution in [0.2, 0.25) is 0 Å². The highest BCUT2D eigenvalue weighted by atomic mass is 32.2. The topological polar surface area (TPSA) is 86.4 Å². The lowest BCUT2D eigenvalue weighted by molar-refractivity contribution is 0.440. The SMILES string of the molecule is Cc1cc(Oc2c(C)c(C)nc3ncnn23)ccc1S(C)(=O)=O. The van der Waals surface area contributed by atoms with Crippen LogP contribution in [0.1, 0.15) is 16.8 Å². The average Bonchev–Trinajstić information content (AvgIpc) is 2.90. The lowest BCUT2D eigenvalue weighted by Crippen LogP contribution is -2.04. The van der Waals surface area contributed by atoms with Crippen molar-refractivity contribution < 1.29 is 13.2 Å². The van der Waals surface area contributed by atoms with Crippen LogP contribution in [0.5, 0.6) is 11.6 Å². The zero-order chi connectivity index (χ0) is 16.8. The van der Waals surface area contributed by atoms with Crippen LogP contribution in [0, 0.1) is 20.8 Å². The standard InChI is InChI=1S/C15H16N4O3S/c1-9-7-12(5-6-13(9)23(4,20)21)22-14-10(2)11(3)18-15-16-8-17-19(14)15/h5-8H,1-4H3. The molecule has 0 amide bonds. The van der Waals surface area contributed by atoms with Gasteiger partial charge in [0.15, 0.2) is 9.84 Å². The van der Waals surface area contributed by atoms with E-state index in [0.717, 1.165) is 11.3 Å². The first-order valence-electron chi connectivity index (χ1n) is 6.93. The minimum absolute atomic E-state index is 0.290. The van der Waals surface area contributed by atoms with Gasteiger partial charge in [0.25, 0.3) is 5.78 Å². The summed E-state index contributed by atoms with van der Waals surface area (Å²) in [5.74, 6) is 1.49. The van der Waals surface area contributed by atoms with E-state index in [9.17, 15) is 8.42 Å². The Balaban J connectivity index is 2.08. The highest BCUT2D eigenvalue weighted by molar-refractivity contribution is 7.90. The number of rotatable bonds is 3. The fourth-order valence-corrected chi connectivity index (χ4v) is 3.29. The highest BCUT2D eigenvalue weighted by Crippen LogP contribution is 2.28. The second-order valence-corrected chi connectivity index (χ2v) is 7.38. The molecule has 23 heavy (non-hydrogen) atoms. The number of benzene rings is 1. The normalized spacial score (nSPS) is 11.8. The van der Waals surface area contributed by atoms with Gasteiger partial charge in [0.05, 0.1) is 4.90 Å². The van der Waals surface area contributed by atoms with Gasteiger partial charge in [-0.15, -0.1) is 0 Å². The molecule has 0 spiro atoms. The van der Waals surface area contributed by atoms with E-state index >= 15 is 0 Å². The summed E-state index contributed by atoms with van der Waals surface area (Å²) >= 11 is 0. The molecule has 0 saturated carbocycles. The van der Waals surface area contributed by atoms with Crippen LogP contribution in [0.3, 0.4) is 0 Å². The number of sulfone groups is 1. The number of hydrogen-bond acceptors (Lipinski definition) is 6. The van der Waals surface area contributed by atoms with E-state index in [2.05, 4.69) is 15.1 Å². The van der Waals surface area contributed by atoms with Gasteiger partial charge in [-0.05, 0) is 44.5 Å². The van der Waals surface area contributed by atoms with Gasteiger partial charge in [-0.3, -0.25) is 0 Å². The van der Waals surface area contributed by atoms with E-state index in [-0.39, 0.29) is 0 Å². The van der Waals surface area contributed by atoms with Crippen LogP contribution in [-0.2, 0) is 9.84 Å². The van der Waals surface area contributed by atoms with Gasteiger partial charge >= 0.3 is 0 Å². The van der Waals surface area contributed by atoms with E-state index in [1.807, 2.05) is 13.8 Å². The molecule has 0 unspecified atom stereocenters. The first kappa shape index (κ1) is 15.4. The van der Waals surface area contributed by atoms with Crippen molar-refractivity contribution in [2.75, 3.05) is 6.26 Å². The van der Waals surface area contributed by atoms with Crippen LogP contribution in [-0.4, -0.2) is 34.3 Å². The molecule has 3 rings (SSSR count). The zero-order valence-electron chi connectivity index (χ0n) is 13.2. The van der Waals surface area contributed by atoms with E-state index < -0.39 is 9.84 Å². The summed E-state index contributed by atoms with van der Waals surface area (Å²) in [5, 5.41) is 4.12. The minimum Gasteiger partial charge on any atom is -0.439 e. The van der Waals surface area contributed by atoms with Crippen molar-refractivity contribution in [3.63, 3.8) is 0 Å². The molecule has 0 atom stereocenters. The maximum Gasteiger partial charge on any atom is 0.255 e. The molecule has 0 fully saturated rings. The number of nitrogens with zero attached hydrogens (tertiary/aromatic N) is 4. The molecule has 3 aromatic rings. The molecule has 0 saturated heterocycles.